The second kappa shape index (κ2) is 11.1. The number of anilines is 1. The van der Waals surface area contributed by atoms with Crippen molar-refractivity contribution >= 4 is 17.5 Å². The van der Waals surface area contributed by atoms with E-state index in [0.29, 0.717) is 13.2 Å². The Kier molecular flexibility index (Phi) is 8.20. The van der Waals surface area contributed by atoms with Crippen LogP contribution < -0.4 is 10.6 Å². The van der Waals surface area contributed by atoms with Crippen LogP contribution in [-0.4, -0.2) is 50.1 Å². The maximum atomic E-state index is 12.8. The number of aryl methyl sites for hydroxylation is 2. The fraction of sp³-hybridized carbons (Fsp3) is 0.440. The zero-order valence-electron chi connectivity index (χ0n) is 18.7. The van der Waals surface area contributed by atoms with Crippen molar-refractivity contribution in [2.24, 2.45) is 0 Å². The summed E-state index contributed by atoms with van der Waals surface area (Å²) in [5.41, 5.74) is 5.50. The number of nitrogens with zero attached hydrogens (tertiary/aromatic N) is 1. The molecule has 0 fully saturated rings. The Bertz CT molecular complexity index is 913. The highest BCUT2D eigenvalue weighted by molar-refractivity contribution is 5.93. The van der Waals surface area contributed by atoms with E-state index in [-0.39, 0.29) is 30.9 Å². The van der Waals surface area contributed by atoms with Crippen molar-refractivity contribution in [3.05, 3.63) is 64.7 Å². The molecule has 2 N–H and O–H groups in total. The largest absolute Gasteiger partial charge is 0.383 e. The van der Waals surface area contributed by atoms with Crippen molar-refractivity contribution in [3.63, 3.8) is 0 Å². The lowest BCUT2D eigenvalue weighted by Gasteiger charge is -2.28. The number of ether oxygens (including phenoxy) is 1. The number of rotatable bonds is 9. The average Bonchev–Trinajstić information content (AvgIpc) is 2.75. The van der Waals surface area contributed by atoms with E-state index < -0.39 is 0 Å². The van der Waals surface area contributed by atoms with Crippen LogP contribution in [-0.2, 0) is 20.7 Å². The number of carbonyl (C=O) groups is 2. The minimum Gasteiger partial charge on any atom is -0.383 e. The summed E-state index contributed by atoms with van der Waals surface area (Å²) in [6.07, 6.45) is 3.06. The maximum absolute atomic E-state index is 12.8. The Morgan fingerprint density at radius 3 is 2.65 bits per heavy atom. The quantitative estimate of drug-likeness (QED) is 0.649. The molecular weight excluding hydrogens is 390 g/mol. The van der Waals surface area contributed by atoms with Crippen molar-refractivity contribution < 1.29 is 14.3 Å². The van der Waals surface area contributed by atoms with Crippen LogP contribution in [0, 0.1) is 13.8 Å². The first kappa shape index (κ1) is 23.0. The van der Waals surface area contributed by atoms with Gasteiger partial charge < -0.3 is 15.4 Å². The smallest absolute Gasteiger partial charge is 0.238 e. The summed E-state index contributed by atoms with van der Waals surface area (Å²) < 4.78 is 5.18. The molecule has 0 saturated carbocycles. The fourth-order valence-electron chi connectivity index (χ4n) is 4.06. The predicted molar refractivity (Wildman–Crippen MR) is 123 cm³/mol. The minimum absolute atomic E-state index is 0.0329. The Balaban J connectivity index is 1.59. The van der Waals surface area contributed by atoms with Gasteiger partial charge >= 0.3 is 0 Å². The van der Waals surface area contributed by atoms with Gasteiger partial charge in [0.05, 0.1) is 25.7 Å². The van der Waals surface area contributed by atoms with Gasteiger partial charge in [-0.1, -0.05) is 36.4 Å². The van der Waals surface area contributed by atoms with Crippen LogP contribution in [0.25, 0.3) is 0 Å². The highest BCUT2D eigenvalue weighted by Crippen LogP contribution is 2.29. The standard InChI is InChI=1S/C25H33N3O3/c1-18-8-6-12-22(19(18)2)26-24(29)16-28(14-15-31-3)17-25(30)27-23-13-7-10-20-9-4-5-11-21(20)23/h4-6,8-9,11-12,23H,7,10,13-17H2,1-3H3,(H,26,29)(H,27,30)/t23-/m0/s1. The predicted octanol–water partition coefficient (Wildman–Crippen LogP) is 3.38. The maximum Gasteiger partial charge on any atom is 0.238 e. The third-order valence-corrected chi connectivity index (χ3v) is 5.93. The fourth-order valence-corrected chi connectivity index (χ4v) is 4.06. The van der Waals surface area contributed by atoms with E-state index in [0.717, 1.165) is 36.1 Å². The second-order valence-electron chi connectivity index (χ2n) is 8.21. The number of benzene rings is 2. The van der Waals surface area contributed by atoms with Gasteiger partial charge in [-0.2, -0.15) is 0 Å². The minimum atomic E-state index is -0.138. The Hall–Kier alpha value is -2.70. The first-order chi connectivity index (χ1) is 15.0. The van der Waals surface area contributed by atoms with E-state index in [1.165, 1.54) is 11.1 Å². The van der Waals surface area contributed by atoms with Gasteiger partial charge in [0.25, 0.3) is 0 Å². The highest BCUT2D eigenvalue weighted by atomic mass is 16.5. The van der Waals surface area contributed by atoms with Gasteiger partial charge in [-0.3, -0.25) is 14.5 Å². The summed E-state index contributed by atoms with van der Waals surface area (Å²) in [6, 6.07) is 14.2. The molecule has 166 valence electrons. The molecule has 0 unspecified atom stereocenters. The molecule has 0 spiro atoms. The molecule has 3 rings (SSSR count). The summed E-state index contributed by atoms with van der Waals surface area (Å²) in [7, 11) is 1.62. The van der Waals surface area contributed by atoms with Gasteiger partial charge in [0.15, 0.2) is 0 Å². The lowest BCUT2D eigenvalue weighted by Crippen LogP contribution is -2.43. The van der Waals surface area contributed by atoms with Gasteiger partial charge in [0.1, 0.15) is 0 Å². The van der Waals surface area contributed by atoms with Crippen molar-refractivity contribution in [3.8, 4) is 0 Å². The highest BCUT2D eigenvalue weighted by Gasteiger charge is 2.23. The summed E-state index contributed by atoms with van der Waals surface area (Å²) >= 11 is 0. The molecule has 6 heteroatoms. The van der Waals surface area contributed by atoms with Gasteiger partial charge in [-0.25, -0.2) is 0 Å². The summed E-state index contributed by atoms with van der Waals surface area (Å²) in [5, 5.41) is 6.14. The van der Waals surface area contributed by atoms with Crippen molar-refractivity contribution in [1.29, 1.82) is 0 Å². The molecule has 0 saturated heterocycles. The molecule has 6 nitrogen and oxygen atoms in total. The SMILES string of the molecule is COCCN(CC(=O)Nc1cccc(C)c1C)CC(=O)N[C@H]1CCCc2ccccc21. The van der Waals surface area contributed by atoms with Crippen molar-refractivity contribution in [1.82, 2.24) is 10.2 Å². The molecular formula is C25H33N3O3. The molecule has 2 amide bonds. The van der Waals surface area contributed by atoms with Crippen LogP contribution in [0.5, 0.6) is 0 Å². The molecule has 0 aromatic heterocycles. The van der Waals surface area contributed by atoms with Gasteiger partial charge in [-0.15, -0.1) is 0 Å². The lowest BCUT2D eigenvalue weighted by molar-refractivity contribution is -0.124. The number of methoxy groups -OCH3 is 1. The van der Waals surface area contributed by atoms with Crippen LogP contribution in [0.15, 0.2) is 42.5 Å². The summed E-state index contributed by atoms with van der Waals surface area (Å²) in [5.74, 6) is -0.210. The van der Waals surface area contributed by atoms with Crippen molar-refractivity contribution in [2.75, 3.05) is 38.7 Å². The molecule has 2 aromatic carbocycles. The Morgan fingerprint density at radius 2 is 1.84 bits per heavy atom. The molecule has 1 aliphatic carbocycles. The number of hydrogen-bond donors (Lipinski definition) is 2. The Labute approximate surface area is 185 Å². The number of fused-ring (bicyclic) bond motifs is 1. The molecule has 31 heavy (non-hydrogen) atoms. The average molecular weight is 424 g/mol. The van der Waals surface area contributed by atoms with E-state index in [1.807, 2.05) is 49.1 Å². The van der Waals surface area contributed by atoms with Crippen LogP contribution in [0.4, 0.5) is 5.69 Å². The first-order valence-electron chi connectivity index (χ1n) is 10.9. The van der Waals surface area contributed by atoms with Crippen LogP contribution in [0.1, 0.15) is 41.1 Å². The molecule has 1 aliphatic rings. The Morgan fingerprint density at radius 1 is 1.06 bits per heavy atom. The van der Waals surface area contributed by atoms with E-state index in [1.54, 1.807) is 7.11 Å². The van der Waals surface area contributed by atoms with Crippen molar-refractivity contribution in [2.45, 2.75) is 39.2 Å². The van der Waals surface area contributed by atoms with Gasteiger partial charge in [0, 0.05) is 19.3 Å². The summed E-state index contributed by atoms with van der Waals surface area (Å²) in [4.78, 5) is 27.3. The van der Waals surface area contributed by atoms with Crippen LogP contribution in [0.3, 0.4) is 0 Å². The molecule has 0 heterocycles. The third kappa shape index (κ3) is 6.39. The second-order valence-corrected chi connectivity index (χ2v) is 8.21. The lowest BCUT2D eigenvalue weighted by atomic mass is 9.88. The van der Waals surface area contributed by atoms with Crippen LogP contribution >= 0.6 is 0 Å². The van der Waals surface area contributed by atoms with E-state index in [9.17, 15) is 9.59 Å². The van der Waals surface area contributed by atoms with E-state index >= 15 is 0 Å². The normalized spacial score (nSPS) is 15.4. The molecule has 2 aromatic rings. The number of hydrogen-bond acceptors (Lipinski definition) is 4. The molecule has 0 aliphatic heterocycles. The van der Waals surface area contributed by atoms with Gasteiger partial charge in [-0.05, 0) is 61.4 Å². The first-order valence-corrected chi connectivity index (χ1v) is 10.9. The summed E-state index contributed by atoms with van der Waals surface area (Å²) in [6.45, 7) is 5.25. The van der Waals surface area contributed by atoms with E-state index in [4.69, 9.17) is 4.74 Å². The number of nitrogens with one attached hydrogen (secondary N) is 2. The van der Waals surface area contributed by atoms with Crippen LogP contribution in [0.2, 0.25) is 0 Å². The monoisotopic (exact) mass is 423 g/mol. The molecule has 0 radical (unpaired) electrons. The number of carbonyl (C=O) groups excluding carboxylic acids is 2. The molecule has 0 bridgehead atoms. The third-order valence-electron chi connectivity index (χ3n) is 5.93. The zero-order chi connectivity index (χ0) is 22.2. The van der Waals surface area contributed by atoms with Gasteiger partial charge in [0.2, 0.25) is 11.8 Å². The molecule has 1 atom stereocenters. The van der Waals surface area contributed by atoms with E-state index in [2.05, 4.69) is 22.8 Å². The number of amides is 2. The topological polar surface area (TPSA) is 70.7 Å². The zero-order valence-corrected chi connectivity index (χ0v) is 18.7.